The number of halogens is 1. The second kappa shape index (κ2) is 7.79. The summed E-state index contributed by atoms with van der Waals surface area (Å²) in [5, 5.41) is 0. The molecule has 0 heterocycles. The quantitative estimate of drug-likeness (QED) is 0.553. The van der Waals surface area contributed by atoms with Crippen LogP contribution in [0.25, 0.3) is 0 Å². The number of hydrogen-bond donors (Lipinski definition) is 0. The summed E-state index contributed by atoms with van der Waals surface area (Å²) in [6.45, 7) is 0.538. The summed E-state index contributed by atoms with van der Waals surface area (Å²) in [5.74, 6) is 0.209. The first-order valence-electron chi connectivity index (χ1n) is 5.58. The molecule has 0 aromatic heterocycles. The van der Waals surface area contributed by atoms with Crippen LogP contribution in [0, 0.1) is 5.82 Å². The normalized spacial score (nSPS) is 11.4. The largest absolute Gasteiger partial charge is 0.497 e. The zero-order chi connectivity index (χ0) is 13.4. The van der Waals surface area contributed by atoms with E-state index in [0.717, 1.165) is 5.56 Å². The molecule has 0 saturated carbocycles. The molecule has 0 saturated heterocycles. The predicted molar refractivity (Wildman–Crippen MR) is 67.8 cm³/mol. The van der Waals surface area contributed by atoms with E-state index >= 15 is 0 Å². The summed E-state index contributed by atoms with van der Waals surface area (Å²) < 4.78 is 28.1. The fraction of sp³-hybridized carbons (Fsp3) is 0.462. The number of rotatable bonds is 7. The van der Waals surface area contributed by atoms with E-state index in [1.165, 1.54) is 33.5 Å². The van der Waals surface area contributed by atoms with Crippen LogP contribution >= 0.6 is 0 Å². The van der Waals surface area contributed by atoms with E-state index in [-0.39, 0.29) is 5.82 Å². The van der Waals surface area contributed by atoms with Gasteiger partial charge in [-0.15, -0.1) is 0 Å². The molecule has 0 bridgehead atoms. The molecule has 4 nitrogen and oxygen atoms in total. The van der Waals surface area contributed by atoms with Crippen molar-refractivity contribution in [3.8, 4) is 5.75 Å². The van der Waals surface area contributed by atoms with Crippen molar-refractivity contribution in [2.24, 2.45) is 4.99 Å². The van der Waals surface area contributed by atoms with E-state index < -0.39 is 6.29 Å². The molecule has 1 rings (SSSR count). The topological polar surface area (TPSA) is 40.0 Å². The van der Waals surface area contributed by atoms with Gasteiger partial charge in [0.05, 0.1) is 13.3 Å². The lowest BCUT2D eigenvalue weighted by molar-refractivity contribution is -0.0485. The van der Waals surface area contributed by atoms with Gasteiger partial charge in [-0.1, -0.05) is 0 Å². The van der Waals surface area contributed by atoms with Crippen molar-refractivity contribution in [2.75, 3.05) is 27.9 Å². The molecule has 0 aliphatic rings. The van der Waals surface area contributed by atoms with Crippen molar-refractivity contribution < 1.29 is 18.6 Å². The number of nitrogens with zero attached hydrogens (tertiary/aromatic N) is 1. The number of ether oxygens (including phenoxy) is 3. The number of benzene rings is 1. The molecule has 0 aliphatic carbocycles. The Labute approximate surface area is 106 Å². The molecule has 0 spiro atoms. The van der Waals surface area contributed by atoms with Gasteiger partial charge in [0.15, 0.2) is 6.29 Å². The Bertz CT molecular complexity index is 392. The molecule has 18 heavy (non-hydrogen) atoms. The van der Waals surface area contributed by atoms with E-state index in [2.05, 4.69) is 4.99 Å². The third-order valence-corrected chi connectivity index (χ3v) is 2.39. The highest BCUT2D eigenvalue weighted by molar-refractivity contribution is 5.61. The number of methoxy groups -OCH3 is 3. The highest BCUT2D eigenvalue weighted by Crippen LogP contribution is 2.16. The SMILES string of the molecule is COc1cc(F)cc(CCN=CC(OC)OC)c1. The van der Waals surface area contributed by atoms with Crippen molar-refractivity contribution in [3.05, 3.63) is 29.6 Å². The van der Waals surface area contributed by atoms with E-state index in [4.69, 9.17) is 14.2 Å². The summed E-state index contributed by atoms with van der Waals surface area (Å²) in [5.41, 5.74) is 0.843. The Kier molecular flexibility index (Phi) is 6.32. The van der Waals surface area contributed by atoms with Crippen molar-refractivity contribution in [2.45, 2.75) is 12.7 Å². The Hall–Kier alpha value is -1.46. The Morgan fingerprint density at radius 2 is 1.94 bits per heavy atom. The summed E-state index contributed by atoms with van der Waals surface area (Å²) in [6.07, 6.45) is 1.77. The summed E-state index contributed by atoms with van der Waals surface area (Å²) in [7, 11) is 4.59. The van der Waals surface area contributed by atoms with Crippen LogP contribution in [-0.4, -0.2) is 40.4 Å². The molecule has 0 unspecified atom stereocenters. The Morgan fingerprint density at radius 1 is 1.22 bits per heavy atom. The van der Waals surface area contributed by atoms with Gasteiger partial charge < -0.3 is 14.2 Å². The van der Waals surface area contributed by atoms with Gasteiger partial charge in [0.2, 0.25) is 0 Å². The molecule has 0 radical (unpaired) electrons. The minimum atomic E-state index is -0.438. The monoisotopic (exact) mass is 255 g/mol. The lowest BCUT2D eigenvalue weighted by Crippen LogP contribution is -2.14. The molecule has 5 heteroatoms. The van der Waals surface area contributed by atoms with Crippen molar-refractivity contribution in [1.29, 1.82) is 0 Å². The summed E-state index contributed by atoms with van der Waals surface area (Å²) in [4.78, 5) is 4.16. The van der Waals surface area contributed by atoms with Gasteiger partial charge in [-0.3, -0.25) is 4.99 Å². The predicted octanol–water partition coefficient (Wildman–Crippen LogP) is 2.07. The maximum absolute atomic E-state index is 13.2. The second-order valence-electron chi connectivity index (χ2n) is 3.64. The highest BCUT2D eigenvalue weighted by atomic mass is 19.1. The maximum atomic E-state index is 13.2. The third-order valence-electron chi connectivity index (χ3n) is 2.39. The zero-order valence-electron chi connectivity index (χ0n) is 10.9. The number of hydrogen-bond acceptors (Lipinski definition) is 4. The van der Waals surface area contributed by atoms with Crippen molar-refractivity contribution in [1.82, 2.24) is 0 Å². The third kappa shape index (κ3) is 4.81. The smallest absolute Gasteiger partial charge is 0.193 e. The van der Waals surface area contributed by atoms with Crippen LogP contribution in [0.15, 0.2) is 23.2 Å². The fourth-order valence-electron chi connectivity index (χ4n) is 1.46. The van der Waals surface area contributed by atoms with Crippen molar-refractivity contribution in [3.63, 3.8) is 0 Å². The van der Waals surface area contributed by atoms with Crippen LogP contribution in [-0.2, 0) is 15.9 Å². The van der Waals surface area contributed by atoms with Crippen LogP contribution in [0.1, 0.15) is 5.56 Å². The first-order valence-corrected chi connectivity index (χ1v) is 5.58. The van der Waals surface area contributed by atoms with Crippen LogP contribution in [0.2, 0.25) is 0 Å². The fourth-order valence-corrected chi connectivity index (χ4v) is 1.46. The van der Waals surface area contributed by atoms with Gasteiger partial charge in [0.25, 0.3) is 0 Å². The first-order chi connectivity index (χ1) is 8.69. The van der Waals surface area contributed by atoms with Gasteiger partial charge in [0.1, 0.15) is 11.6 Å². The summed E-state index contributed by atoms with van der Waals surface area (Å²) >= 11 is 0. The molecule has 0 atom stereocenters. The Balaban J connectivity index is 2.50. The Morgan fingerprint density at radius 3 is 2.56 bits per heavy atom. The van der Waals surface area contributed by atoms with Gasteiger partial charge in [-0.05, 0) is 24.1 Å². The van der Waals surface area contributed by atoms with E-state index in [0.29, 0.717) is 18.7 Å². The lowest BCUT2D eigenvalue weighted by Gasteiger charge is -2.07. The molecule has 1 aromatic rings. The molecule has 0 aliphatic heterocycles. The van der Waals surface area contributed by atoms with E-state index in [1.807, 2.05) is 0 Å². The molecule has 0 fully saturated rings. The molecular formula is C13H18FNO3. The number of aliphatic imine (C=N–C) groups is 1. The standard InChI is InChI=1S/C13H18FNO3/c1-16-12-7-10(6-11(14)8-12)4-5-15-9-13(17-2)18-3/h6-9,13H,4-5H2,1-3H3. The van der Waals surface area contributed by atoms with Crippen LogP contribution in [0.3, 0.4) is 0 Å². The van der Waals surface area contributed by atoms with Crippen molar-refractivity contribution >= 4 is 6.21 Å². The lowest BCUT2D eigenvalue weighted by atomic mass is 10.1. The van der Waals surface area contributed by atoms with E-state index in [1.54, 1.807) is 12.3 Å². The van der Waals surface area contributed by atoms with Gasteiger partial charge in [0, 0.05) is 26.8 Å². The molecule has 0 amide bonds. The van der Waals surface area contributed by atoms with Crippen LogP contribution < -0.4 is 4.74 Å². The summed E-state index contributed by atoms with van der Waals surface area (Å²) in [6, 6.07) is 4.61. The maximum Gasteiger partial charge on any atom is 0.193 e. The zero-order valence-corrected chi connectivity index (χ0v) is 10.9. The second-order valence-corrected chi connectivity index (χ2v) is 3.64. The molecular weight excluding hydrogens is 237 g/mol. The van der Waals surface area contributed by atoms with Crippen LogP contribution in [0.4, 0.5) is 4.39 Å². The van der Waals surface area contributed by atoms with Gasteiger partial charge in [-0.25, -0.2) is 4.39 Å². The molecule has 100 valence electrons. The average molecular weight is 255 g/mol. The molecule has 1 aromatic carbocycles. The van der Waals surface area contributed by atoms with Crippen LogP contribution in [0.5, 0.6) is 5.75 Å². The van der Waals surface area contributed by atoms with E-state index in [9.17, 15) is 4.39 Å². The molecule has 0 N–H and O–H groups in total. The minimum absolute atomic E-state index is 0.306. The first kappa shape index (κ1) is 14.6. The van der Waals surface area contributed by atoms with Gasteiger partial charge in [-0.2, -0.15) is 0 Å². The average Bonchev–Trinajstić information content (AvgIpc) is 2.38. The minimum Gasteiger partial charge on any atom is -0.497 e. The van der Waals surface area contributed by atoms with Gasteiger partial charge >= 0.3 is 0 Å². The highest BCUT2D eigenvalue weighted by Gasteiger charge is 2.01.